The summed E-state index contributed by atoms with van der Waals surface area (Å²) in [5, 5.41) is 8.15. The number of rotatable bonds is 6. The molecule has 23 heavy (non-hydrogen) atoms. The Balaban J connectivity index is 3.21. The second kappa shape index (κ2) is 6.98. The molecule has 0 aliphatic carbocycles. The van der Waals surface area contributed by atoms with Crippen molar-refractivity contribution >= 4 is 15.9 Å². The maximum Gasteiger partial charge on any atom is 0.251 e. The summed E-state index contributed by atoms with van der Waals surface area (Å²) in [4.78, 5) is 12.5. The van der Waals surface area contributed by atoms with Crippen molar-refractivity contribution < 1.29 is 13.2 Å². The summed E-state index contributed by atoms with van der Waals surface area (Å²) in [6, 6.07) is 2.98. The van der Waals surface area contributed by atoms with E-state index >= 15 is 0 Å². The Hall–Kier alpha value is -1.44. The first-order chi connectivity index (χ1) is 10.4. The summed E-state index contributed by atoms with van der Waals surface area (Å²) < 4.78 is 23.4. The zero-order chi connectivity index (χ0) is 18.0. The average Bonchev–Trinajstić information content (AvgIpc) is 2.39. The van der Waals surface area contributed by atoms with Gasteiger partial charge in [-0.2, -0.15) is 0 Å². The number of amides is 1. The zero-order valence-corrected chi connectivity index (χ0v) is 15.3. The van der Waals surface area contributed by atoms with Gasteiger partial charge in [0.2, 0.25) is 10.0 Å². The van der Waals surface area contributed by atoms with Gasteiger partial charge >= 0.3 is 0 Å². The lowest BCUT2D eigenvalue weighted by molar-refractivity contribution is 0.0898. The molecule has 130 valence electrons. The third kappa shape index (κ3) is 5.02. The van der Waals surface area contributed by atoms with Crippen LogP contribution in [0.5, 0.6) is 0 Å². The third-order valence-corrected chi connectivity index (χ3v) is 4.95. The molecule has 1 amide bonds. The van der Waals surface area contributed by atoms with Crippen molar-refractivity contribution in [2.45, 2.75) is 51.5 Å². The highest BCUT2D eigenvalue weighted by Gasteiger charge is 2.27. The van der Waals surface area contributed by atoms with E-state index < -0.39 is 15.6 Å². The van der Waals surface area contributed by atoms with Crippen molar-refractivity contribution in [1.82, 2.24) is 5.32 Å². The number of benzene rings is 1. The number of nitrogens with one attached hydrogen (secondary N) is 1. The topological polar surface area (TPSA) is 115 Å². The van der Waals surface area contributed by atoms with Crippen LogP contribution in [0.4, 0.5) is 0 Å². The van der Waals surface area contributed by atoms with Crippen molar-refractivity contribution in [3.05, 3.63) is 28.8 Å². The van der Waals surface area contributed by atoms with Crippen LogP contribution in [0.25, 0.3) is 0 Å². The van der Waals surface area contributed by atoms with Gasteiger partial charge < -0.3 is 11.1 Å². The van der Waals surface area contributed by atoms with Crippen LogP contribution in [-0.2, 0) is 10.0 Å². The van der Waals surface area contributed by atoms with E-state index in [0.29, 0.717) is 23.6 Å². The molecular weight excluding hydrogens is 314 g/mol. The molecule has 1 unspecified atom stereocenters. The molecule has 7 heteroatoms. The zero-order valence-electron chi connectivity index (χ0n) is 14.4. The van der Waals surface area contributed by atoms with E-state index in [1.807, 2.05) is 6.92 Å². The number of nitrogens with two attached hydrogens (primary N) is 2. The molecular formula is C16H27N3O3S. The first-order valence-electron chi connectivity index (χ1n) is 7.56. The maximum absolute atomic E-state index is 12.5. The standard InChI is InChI=1S/C16H27N3O3S/c1-10(2)8-16(5,9-17)19-15(20)13-6-11(3)12(4)14(7-13)23(18,21)22/h6-7,10H,8-9,17H2,1-5H3,(H,19,20)(H2,18,21,22). The monoisotopic (exact) mass is 341 g/mol. The molecule has 0 saturated heterocycles. The Morgan fingerprint density at radius 2 is 1.87 bits per heavy atom. The first-order valence-corrected chi connectivity index (χ1v) is 9.11. The Labute approximate surface area is 138 Å². The first kappa shape index (κ1) is 19.6. The fourth-order valence-corrected chi connectivity index (χ4v) is 3.57. The Morgan fingerprint density at radius 1 is 1.30 bits per heavy atom. The Bertz CT molecular complexity index is 699. The molecule has 5 N–H and O–H groups in total. The molecule has 0 radical (unpaired) electrons. The van der Waals surface area contributed by atoms with Gasteiger partial charge in [-0.15, -0.1) is 0 Å². The molecule has 1 aromatic rings. The summed E-state index contributed by atoms with van der Waals surface area (Å²) in [7, 11) is -3.88. The highest BCUT2D eigenvalue weighted by Crippen LogP contribution is 2.21. The van der Waals surface area contributed by atoms with Crippen molar-refractivity contribution in [2.24, 2.45) is 16.8 Å². The molecule has 6 nitrogen and oxygen atoms in total. The van der Waals surface area contributed by atoms with Crippen LogP contribution in [0.15, 0.2) is 17.0 Å². The molecule has 0 bridgehead atoms. The number of hydrogen-bond donors (Lipinski definition) is 3. The second-order valence-corrected chi connectivity index (χ2v) is 8.31. The van der Waals surface area contributed by atoms with Gasteiger partial charge in [-0.25, -0.2) is 13.6 Å². The van der Waals surface area contributed by atoms with Crippen molar-refractivity contribution in [3.8, 4) is 0 Å². The van der Waals surface area contributed by atoms with Gasteiger partial charge in [-0.1, -0.05) is 13.8 Å². The van der Waals surface area contributed by atoms with Crippen LogP contribution in [0.1, 0.15) is 48.7 Å². The minimum absolute atomic E-state index is 0.0269. The number of carbonyl (C=O) groups excluding carboxylic acids is 1. The van der Waals surface area contributed by atoms with Crippen molar-refractivity contribution in [3.63, 3.8) is 0 Å². The average molecular weight is 341 g/mol. The van der Waals surface area contributed by atoms with Gasteiger partial charge in [0.15, 0.2) is 0 Å². The van der Waals surface area contributed by atoms with Crippen LogP contribution < -0.4 is 16.2 Å². The van der Waals surface area contributed by atoms with Crippen molar-refractivity contribution in [1.29, 1.82) is 0 Å². The smallest absolute Gasteiger partial charge is 0.251 e. The molecule has 1 atom stereocenters. The predicted molar refractivity (Wildman–Crippen MR) is 91.7 cm³/mol. The van der Waals surface area contributed by atoms with Gasteiger partial charge in [0.1, 0.15) is 0 Å². The van der Waals surface area contributed by atoms with Crippen LogP contribution >= 0.6 is 0 Å². The van der Waals surface area contributed by atoms with Gasteiger partial charge in [0.05, 0.1) is 4.90 Å². The summed E-state index contributed by atoms with van der Waals surface area (Å²) in [6.07, 6.45) is 0.724. The molecule has 0 aliphatic rings. The number of primary sulfonamides is 1. The SMILES string of the molecule is Cc1cc(C(=O)NC(C)(CN)CC(C)C)cc(S(N)(=O)=O)c1C. The fraction of sp³-hybridized carbons (Fsp3) is 0.562. The molecule has 0 spiro atoms. The fourth-order valence-electron chi connectivity index (χ4n) is 2.69. The number of carbonyl (C=O) groups is 1. The highest BCUT2D eigenvalue weighted by atomic mass is 32.2. The van der Waals surface area contributed by atoms with E-state index in [0.717, 1.165) is 6.42 Å². The summed E-state index contributed by atoms with van der Waals surface area (Å²) >= 11 is 0. The van der Waals surface area contributed by atoms with Crippen LogP contribution in [0, 0.1) is 19.8 Å². The van der Waals surface area contributed by atoms with Crippen LogP contribution in [0.3, 0.4) is 0 Å². The normalized spacial score (nSPS) is 14.6. The highest BCUT2D eigenvalue weighted by molar-refractivity contribution is 7.89. The minimum Gasteiger partial charge on any atom is -0.346 e. The maximum atomic E-state index is 12.5. The van der Waals surface area contributed by atoms with Gasteiger partial charge in [-0.3, -0.25) is 4.79 Å². The molecule has 0 saturated carbocycles. The van der Waals surface area contributed by atoms with Gasteiger partial charge in [0, 0.05) is 17.6 Å². The lowest BCUT2D eigenvalue weighted by Gasteiger charge is -2.31. The lowest BCUT2D eigenvalue weighted by Crippen LogP contribution is -2.52. The third-order valence-electron chi connectivity index (χ3n) is 3.91. The van der Waals surface area contributed by atoms with Crippen LogP contribution in [-0.4, -0.2) is 26.4 Å². The predicted octanol–water partition coefficient (Wildman–Crippen LogP) is 1.44. The molecule has 0 heterocycles. The van der Waals surface area contributed by atoms with Crippen LogP contribution in [0.2, 0.25) is 0 Å². The van der Waals surface area contributed by atoms with E-state index in [4.69, 9.17) is 10.9 Å². The van der Waals surface area contributed by atoms with E-state index in [2.05, 4.69) is 19.2 Å². The van der Waals surface area contributed by atoms with E-state index in [1.54, 1.807) is 19.9 Å². The molecule has 0 aromatic heterocycles. The number of sulfonamides is 1. The lowest BCUT2D eigenvalue weighted by atomic mass is 9.90. The van der Waals surface area contributed by atoms with Gasteiger partial charge in [0.25, 0.3) is 5.91 Å². The Kier molecular flexibility index (Phi) is 5.95. The number of aryl methyl sites for hydroxylation is 1. The summed E-state index contributed by atoms with van der Waals surface area (Å²) in [5.41, 5.74) is 6.76. The van der Waals surface area contributed by atoms with E-state index in [-0.39, 0.29) is 16.4 Å². The van der Waals surface area contributed by atoms with Crippen molar-refractivity contribution in [2.75, 3.05) is 6.54 Å². The van der Waals surface area contributed by atoms with E-state index in [9.17, 15) is 13.2 Å². The summed E-state index contributed by atoms with van der Waals surface area (Å²) in [6.45, 7) is 9.69. The number of hydrogen-bond acceptors (Lipinski definition) is 4. The molecule has 1 rings (SSSR count). The molecule has 1 aromatic carbocycles. The largest absolute Gasteiger partial charge is 0.346 e. The molecule has 0 aliphatic heterocycles. The molecule has 0 fully saturated rings. The second-order valence-electron chi connectivity index (χ2n) is 6.78. The summed E-state index contributed by atoms with van der Waals surface area (Å²) in [5.74, 6) is 0.00943. The minimum atomic E-state index is -3.88. The quantitative estimate of drug-likeness (QED) is 0.726. The Morgan fingerprint density at radius 3 is 2.30 bits per heavy atom. The van der Waals surface area contributed by atoms with E-state index in [1.165, 1.54) is 6.07 Å². The van der Waals surface area contributed by atoms with Gasteiger partial charge in [-0.05, 0) is 56.4 Å².